The van der Waals surface area contributed by atoms with E-state index in [1.165, 1.54) is 0 Å². The maximum Gasteiger partial charge on any atom is 0.460 e. The van der Waals surface area contributed by atoms with Crippen LogP contribution in [-0.2, 0) is 9.47 Å². The third kappa shape index (κ3) is 7.14. The van der Waals surface area contributed by atoms with E-state index < -0.39 is 110 Å². The molecular weight excluding hydrogens is 766 g/mol. The molecule has 0 aliphatic rings. The van der Waals surface area contributed by atoms with Gasteiger partial charge in [-0.1, -0.05) is 6.92 Å². The quantitative estimate of drug-likeness (QED) is 0.108. The predicted molar refractivity (Wildman–Crippen MR) is 101 cm³/mol. The number of alkyl halides is 26. The van der Waals surface area contributed by atoms with E-state index in [1.807, 2.05) is 0 Å². The first-order valence-electron chi connectivity index (χ1n) is 11.7. The fourth-order valence-corrected chi connectivity index (χ4v) is 2.95. The molecule has 0 aromatic rings. The maximum atomic E-state index is 13.8. The van der Waals surface area contributed by atoms with Crippen LogP contribution >= 0.6 is 0 Å². The van der Waals surface area contributed by atoms with Crippen LogP contribution in [0.4, 0.5) is 114 Å². The number of halogens is 26. The largest absolute Gasteiger partial charge is 0.460 e. The third-order valence-corrected chi connectivity index (χ3v) is 6.29. The van der Waals surface area contributed by atoms with Crippen LogP contribution in [0.2, 0.25) is 0 Å². The van der Waals surface area contributed by atoms with Crippen molar-refractivity contribution in [2.45, 2.75) is 110 Å². The fraction of sp³-hybridized carbons (Fsp3) is 1.00. The number of ether oxygens (including phenoxy) is 2. The Morgan fingerprint density at radius 2 is 0.542 bits per heavy atom. The molecule has 290 valence electrons. The lowest BCUT2D eigenvalue weighted by Crippen LogP contribution is -2.70. The van der Waals surface area contributed by atoms with Gasteiger partial charge in [-0.25, -0.2) is 0 Å². The van der Waals surface area contributed by atoms with Gasteiger partial charge < -0.3 is 9.47 Å². The molecule has 0 fully saturated rings. The zero-order chi connectivity index (χ0) is 39.4. The second-order valence-electron chi connectivity index (χ2n) is 9.68. The van der Waals surface area contributed by atoms with E-state index in [9.17, 15) is 114 Å². The van der Waals surface area contributed by atoms with Crippen molar-refractivity contribution < 1.29 is 124 Å². The second kappa shape index (κ2) is 12.7. The Kier molecular flexibility index (Phi) is 12.2. The molecule has 0 N–H and O–H groups in total. The number of hydrogen-bond acceptors (Lipinski definition) is 2. The van der Waals surface area contributed by atoms with Crippen molar-refractivity contribution in [2.24, 2.45) is 0 Å². The average Bonchev–Trinajstić information content (AvgIpc) is 2.86. The van der Waals surface area contributed by atoms with E-state index >= 15 is 0 Å². The molecule has 0 aromatic carbocycles. The standard InChI is InChI=1S/C20H16F26O2/c1-3-8(2,47-6-4-9(21,22)11(25,26)13(29,30)15(33,34)17(37,38)19(41,42)43)48-7-5-10(23,24)12(27,28)14(31,32)16(35,36)18(39,40)20(44,45)46/h3-7H2,1-2H3. The summed E-state index contributed by atoms with van der Waals surface area (Å²) in [5.74, 6) is -81.0. The van der Waals surface area contributed by atoms with Crippen molar-refractivity contribution >= 4 is 0 Å². The lowest BCUT2D eigenvalue weighted by Gasteiger charge is -2.40. The Morgan fingerprint density at radius 1 is 0.333 bits per heavy atom. The summed E-state index contributed by atoms with van der Waals surface area (Å²) in [5, 5.41) is 0. The van der Waals surface area contributed by atoms with Gasteiger partial charge in [-0.05, 0) is 13.3 Å². The highest BCUT2D eigenvalue weighted by Crippen LogP contribution is 2.62. The minimum absolute atomic E-state index is 0.304. The molecule has 0 spiro atoms. The Balaban J connectivity index is 5.93. The lowest BCUT2D eigenvalue weighted by molar-refractivity contribution is -0.441. The van der Waals surface area contributed by atoms with E-state index in [4.69, 9.17) is 0 Å². The first kappa shape index (κ1) is 46.1. The summed E-state index contributed by atoms with van der Waals surface area (Å²) in [5.41, 5.74) is 0. The van der Waals surface area contributed by atoms with Crippen molar-refractivity contribution in [1.82, 2.24) is 0 Å². The molecule has 0 heterocycles. The van der Waals surface area contributed by atoms with Gasteiger partial charge in [-0.15, -0.1) is 0 Å². The molecule has 0 radical (unpaired) electrons. The molecule has 0 rings (SSSR count). The van der Waals surface area contributed by atoms with E-state index in [-0.39, 0.29) is 0 Å². The summed E-state index contributed by atoms with van der Waals surface area (Å²) in [6, 6.07) is 0. The smallest absolute Gasteiger partial charge is 0.350 e. The highest BCUT2D eigenvalue weighted by Gasteiger charge is 2.92. The molecule has 0 aliphatic heterocycles. The molecule has 0 saturated carbocycles. The first-order chi connectivity index (χ1) is 20.5. The van der Waals surface area contributed by atoms with Gasteiger partial charge >= 0.3 is 71.6 Å². The highest BCUT2D eigenvalue weighted by molar-refractivity contribution is 5.11. The molecule has 0 aliphatic carbocycles. The Morgan fingerprint density at radius 3 is 0.729 bits per heavy atom. The third-order valence-electron chi connectivity index (χ3n) is 6.29. The number of rotatable bonds is 17. The summed E-state index contributed by atoms with van der Waals surface area (Å²) in [6.07, 6.45) is -22.5. The van der Waals surface area contributed by atoms with Gasteiger partial charge in [0.15, 0.2) is 5.79 Å². The second-order valence-corrected chi connectivity index (χ2v) is 9.68. The Labute approximate surface area is 248 Å². The van der Waals surface area contributed by atoms with Crippen LogP contribution in [0.5, 0.6) is 0 Å². The van der Waals surface area contributed by atoms with Gasteiger partial charge in [-0.3, -0.25) is 0 Å². The van der Waals surface area contributed by atoms with Crippen LogP contribution in [0.15, 0.2) is 0 Å². The van der Waals surface area contributed by atoms with Crippen LogP contribution < -0.4 is 0 Å². The van der Waals surface area contributed by atoms with Crippen molar-refractivity contribution in [3.05, 3.63) is 0 Å². The normalized spacial score (nSPS) is 16.5. The van der Waals surface area contributed by atoms with Crippen LogP contribution in [0, 0.1) is 0 Å². The molecule has 0 aromatic heterocycles. The molecule has 2 nitrogen and oxygen atoms in total. The van der Waals surface area contributed by atoms with Crippen molar-refractivity contribution in [2.75, 3.05) is 13.2 Å². The molecule has 28 heteroatoms. The zero-order valence-electron chi connectivity index (χ0n) is 22.7. The minimum atomic E-state index is -8.26. The first-order valence-corrected chi connectivity index (χ1v) is 11.7. The summed E-state index contributed by atoms with van der Waals surface area (Å²) in [4.78, 5) is 0. The Bertz CT molecular complexity index is 1010. The summed E-state index contributed by atoms with van der Waals surface area (Å²) >= 11 is 0. The topological polar surface area (TPSA) is 18.5 Å². The molecule has 0 bridgehead atoms. The monoisotopic (exact) mass is 782 g/mol. The van der Waals surface area contributed by atoms with Crippen molar-refractivity contribution in [3.8, 4) is 0 Å². The van der Waals surface area contributed by atoms with Crippen LogP contribution in [0.25, 0.3) is 0 Å². The molecular formula is C20H16F26O2. The highest BCUT2D eigenvalue weighted by atomic mass is 19.4. The van der Waals surface area contributed by atoms with E-state index in [2.05, 4.69) is 9.47 Å². The van der Waals surface area contributed by atoms with E-state index in [0.717, 1.165) is 0 Å². The molecule has 0 amide bonds. The van der Waals surface area contributed by atoms with Crippen LogP contribution in [-0.4, -0.2) is 90.6 Å². The van der Waals surface area contributed by atoms with E-state index in [1.54, 1.807) is 0 Å². The van der Waals surface area contributed by atoms with Gasteiger partial charge in [0.2, 0.25) is 0 Å². The molecule has 0 saturated heterocycles. The molecule has 48 heavy (non-hydrogen) atoms. The molecule has 0 unspecified atom stereocenters. The van der Waals surface area contributed by atoms with Crippen molar-refractivity contribution in [1.29, 1.82) is 0 Å². The summed E-state index contributed by atoms with van der Waals surface area (Å²) in [7, 11) is 0. The van der Waals surface area contributed by atoms with Gasteiger partial charge in [-0.2, -0.15) is 114 Å². The Hall–Kier alpha value is -1.90. The van der Waals surface area contributed by atoms with E-state index in [0.29, 0.717) is 13.8 Å². The summed E-state index contributed by atoms with van der Waals surface area (Å²) < 4.78 is 350. The van der Waals surface area contributed by atoms with Crippen LogP contribution in [0.1, 0.15) is 33.1 Å². The lowest BCUT2D eigenvalue weighted by atomic mass is 9.92. The zero-order valence-corrected chi connectivity index (χ0v) is 22.7. The number of hydrogen-bond donors (Lipinski definition) is 0. The molecule has 0 atom stereocenters. The van der Waals surface area contributed by atoms with Gasteiger partial charge in [0.25, 0.3) is 0 Å². The maximum absolute atomic E-state index is 13.8. The van der Waals surface area contributed by atoms with Crippen LogP contribution in [0.3, 0.4) is 0 Å². The van der Waals surface area contributed by atoms with Crippen molar-refractivity contribution in [3.63, 3.8) is 0 Å². The van der Waals surface area contributed by atoms with Gasteiger partial charge in [0.05, 0.1) is 13.2 Å². The average molecular weight is 782 g/mol. The van der Waals surface area contributed by atoms with Gasteiger partial charge in [0.1, 0.15) is 0 Å². The fourth-order valence-electron chi connectivity index (χ4n) is 2.95. The predicted octanol–water partition coefficient (Wildman–Crippen LogP) is 10.4. The minimum Gasteiger partial charge on any atom is -0.350 e. The summed E-state index contributed by atoms with van der Waals surface area (Å²) in [6.45, 7) is -3.53. The SMILES string of the molecule is CCC(C)(OCCC(F)(F)C(F)(F)C(F)(F)C(F)(F)C(F)(F)C(F)(F)F)OCCC(F)(F)C(F)(F)C(F)(F)C(F)(F)C(F)(F)C(F)(F)F. The van der Waals surface area contributed by atoms with Gasteiger partial charge in [0, 0.05) is 12.8 Å².